The predicted octanol–water partition coefficient (Wildman–Crippen LogP) is 3.23. The molecule has 0 saturated heterocycles. The van der Waals surface area contributed by atoms with Gasteiger partial charge in [-0.25, -0.2) is 9.97 Å². The molecule has 100 valence electrons. The van der Waals surface area contributed by atoms with Gasteiger partial charge in [0.15, 0.2) is 0 Å². The van der Waals surface area contributed by atoms with Crippen LogP contribution in [-0.2, 0) is 6.42 Å². The second-order valence-electron chi connectivity index (χ2n) is 4.75. The Morgan fingerprint density at radius 2 is 2.05 bits per heavy atom. The van der Waals surface area contributed by atoms with E-state index in [0.717, 1.165) is 40.7 Å². The minimum absolute atomic E-state index is 0.513. The number of aromatic nitrogens is 3. The summed E-state index contributed by atoms with van der Waals surface area (Å²) in [6.45, 7) is 2.11. The van der Waals surface area contributed by atoms with E-state index in [-0.39, 0.29) is 0 Å². The summed E-state index contributed by atoms with van der Waals surface area (Å²) in [5, 5.41) is 2.22. The van der Waals surface area contributed by atoms with Gasteiger partial charge in [0.1, 0.15) is 11.6 Å². The van der Waals surface area contributed by atoms with Crippen molar-refractivity contribution in [1.29, 1.82) is 0 Å². The van der Waals surface area contributed by atoms with Gasteiger partial charge in [0.25, 0.3) is 0 Å². The van der Waals surface area contributed by atoms with Gasteiger partial charge in [-0.05, 0) is 17.9 Å². The molecular formula is C16H16N4. The van der Waals surface area contributed by atoms with Gasteiger partial charge in [-0.1, -0.05) is 25.1 Å². The first-order valence-electron chi connectivity index (χ1n) is 6.74. The SMILES string of the molecule is CCCc1nc(N)cc(-c2cccc3ccncc23)n1. The van der Waals surface area contributed by atoms with E-state index in [2.05, 4.69) is 27.9 Å². The van der Waals surface area contributed by atoms with E-state index in [0.29, 0.717) is 5.82 Å². The Bertz CT molecular complexity index is 747. The monoisotopic (exact) mass is 264 g/mol. The minimum Gasteiger partial charge on any atom is -0.384 e. The molecule has 2 N–H and O–H groups in total. The Hall–Kier alpha value is -2.49. The summed E-state index contributed by atoms with van der Waals surface area (Å²) in [6.07, 6.45) is 5.49. The lowest BCUT2D eigenvalue weighted by molar-refractivity contribution is 0.839. The van der Waals surface area contributed by atoms with Crippen molar-refractivity contribution in [3.05, 3.63) is 48.5 Å². The van der Waals surface area contributed by atoms with Crippen LogP contribution in [0.15, 0.2) is 42.7 Å². The van der Waals surface area contributed by atoms with Gasteiger partial charge in [0.2, 0.25) is 0 Å². The lowest BCUT2D eigenvalue weighted by Gasteiger charge is -2.08. The van der Waals surface area contributed by atoms with Crippen molar-refractivity contribution in [3.8, 4) is 11.3 Å². The molecule has 0 unspecified atom stereocenters. The van der Waals surface area contributed by atoms with E-state index >= 15 is 0 Å². The van der Waals surface area contributed by atoms with Crippen molar-refractivity contribution in [2.24, 2.45) is 0 Å². The van der Waals surface area contributed by atoms with E-state index in [4.69, 9.17) is 5.73 Å². The standard InChI is InChI=1S/C16H16N4/c1-2-4-16-19-14(9-15(17)20-16)12-6-3-5-11-7-8-18-10-13(11)12/h3,5-10H,2,4H2,1H3,(H2,17,19,20). The first-order valence-corrected chi connectivity index (χ1v) is 6.74. The van der Waals surface area contributed by atoms with Crippen LogP contribution in [0.25, 0.3) is 22.0 Å². The zero-order chi connectivity index (χ0) is 13.9. The zero-order valence-electron chi connectivity index (χ0n) is 11.4. The summed E-state index contributed by atoms with van der Waals surface area (Å²) in [7, 11) is 0. The fourth-order valence-electron chi connectivity index (χ4n) is 2.33. The first-order chi connectivity index (χ1) is 9.78. The molecule has 4 nitrogen and oxygen atoms in total. The van der Waals surface area contributed by atoms with E-state index in [1.807, 2.05) is 30.5 Å². The second-order valence-corrected chi connectivity index (χ2v) is 4.75. The van der Waals surface area contributed by atoms with Crippen LogP contribution in [0.2, 0.25) is 0 Å². The van der Waals surface area contributed by atoms with Gasteiger partial charge in [0.05, 0.1) is 5.69 Å². The highest BCUT2D eigenvalue weighted by Gasteiger charge is 2.08. The van der Waals surface area contributed by atoms with Gasteiger partial charge in [-0.15, -0.1) is 0 Å². The topological polar surface area (TPSA) is 64.7 Å². The van der Waals surface area contributed by atoms with Crippen LogP contribution in [0, 0.1) is 0 Å². The number of fused-ring (bicyclic) bond motifs is 1. The third-order valence-corrected chi connectivity index (χ3v) is 3.23. The highest BCUT2D eigenvalue weighted by atomic mass is 14.9. The van der Waals surface area contributed by atoms with Gasteiger partial charge in [-0.2, -0.15) is 0 Å². The Labute approximate surface area is 117 Å². The minimum atomic E-state index is 0.513. The van der Waals surface area contributed by atoms with Gasteiger partial charge < -0.3 is 5.73 Å². The molecule has 0 amide bonds. The summed E-state index contributed by atoms with van der Waals surface area (Å²) in [5.41, 5.74) is 7.81. The summed E-state index contributed by atoms with van der Waals surface area (Å²) < 4.78 is 0. The molecular weight excluding hydrogens is 248 g/mol. The smallest absolute Gasteiger partial charge is 0.131 e. The first kappa shape index (κ1) is 12.5. The van der Waals surface area contributed by atoms with Crippen LogP contribution < -0.4 is 5.73 Å². The molecule has 0 spiro atoms. The summed E-state index contributed by atoms with van der Waals surface area (Å²) in [6, 6.07) is 9.95. The number of hydrogen-bond donors (Lipinski definition) is 1. The summed E-state index contributed by atoms with van der Waals surface area (Å²) >= 11 is 0. The number of aryl methyl sites for hydroxylation is 1. The maximum atomic E-state index is 5.90. The maximum absolute atomic E-state index is 5.90. The molecule has 3 rings (SSSR count). The summed E-state index contributed by atoms with van der Waals surface area (Å²) in [5.74, 6) is 1.31. The molecule has 0 fully saturated rings. The highest BCUT2D eigenvalue weighted by Crippen LogP contribution is 2.27. The lowest BCUT2D eigenvalue weighted by Crippen LogP contribution is -2.01. The van der Waals surface area contributed by atoms with Crippen molar-refractivity contribution in [1.82, 2.24) is 15.0 Å². The molecule has 20 heavy (non-hydrogen) atoms. The third kappa shape index (κ3) is 2.32. The molecule has 0 aliphatic rings. The van der Waals surface area contributed by atoms with Gasteiger partial charge >= 0.3 is 0 Å². The molecule has 2 aromatic heterocycles. The number of rotatable bonds is 3. The Kier molecular flexibility index (Phi) is 3.29. The van der Waals surface area contributed by atoms with Crippen LogP contribution in [0.1, 0.15) is 19.2 Å². The van der Waals surface area contributed by atoms with Crippen molar-refractivity contribution in [2.45, 2.75) is 19.8 Å². The molecule has 0 radical (unpaired) electrons. The number of anilines is 1. The number of hydrogen-bond acceptors (Lipinski definition) is 4. The number of benzene rings is 1. The number of pyridine rings is 1. The number of nitrogens with two attached hydrogens (primary N) is 1. The molecule has 2 heterocycles. The molecule has 0 aliphatic carbocycles. The molecule has 0 bridgehead atoms. The Morgan fingerprint density at radius 1 is 1.15 bits per heavy atom. The van der Waals surface area contributed by atoms with Crippen molar-refractivity contribution < 1.29 is 0 Å². The van der Waals surface area contributed by atoms with Crippen LogP contribution in [0.4, 0.5) is 5.82 Å². The average molecular weight is 264 g/mol. The molecule has 0 saturated carbocycles. The third-order valence-electron chi connectivity index (χ3n) is 3.23. The fraction of sp³-hybridized carbons (Fsp3) is 0.188. The molecule has 0 aliphatic heterocycles. The van der Waals surface area contributed by atoms with Crippen LogP contribution in [0.5, 0.6) is 0 Å². The lowest BCUT2D eigenvalue weighted by atomic mass is 10.0. The molecule has 3 aromatic rings. The average Bonchev–Trinajstić information content (AvgIpc) is 2.46. The van der Waals surface area contributed by atoms with E-state index < -0.39 is 0 Å². The largest absolute Gasteiger partial charge is 0.384 e. The maximum Gasteiger partial charge on any atom is 0.131 e. The molecule has 0 atom stereocenters. The fourth-order valence-corrected chi connectivity index (χ4v) is 2.33. The van der Waals surface area contributed by atoms with Crippen LogP contribution in [0.3, 0.4) is 0 Å². The summed E-state index contributed by atoms with van der Waals surface area (Å²) in [4.78, 5) is 13.1. The molecule has 4 heteroatoms. The Balaban J connectivity index is 2.20. The van der Waals surface area contributed by atoms with E-state index in [1.54, 1.807) is 6.20 Å². The van der Waals surface area contributed by atoms with Crippen molar-refractivity contribution in [2.75, 3.05) is 5.73 Å². The van der Waals surface area contributed by atoms with Gasteiger partial charge in [0, 0.05) is 35.8 Å². The number of nitrogens with zero attached hydrogens (tertiary/aromatic N) is 3. The van der Waals surface area contributed by atoms with E-state index in [9.17, 15) is 0 Å². The second kappa shape index (κ2) is 5.25. The normalized spacial score (nSPS) is 10.8. The predicted molar refractivity (Wildman–Crippen MR) is 81.2 cm³/mol. The quantitative estimate of drug-likeness (QED) is 0.788. The molecule has 1 aromatic carbocycles. The Morgan fingerprint density at radius 3 is 2.90 bits per heavy atom. The highest BCUT2D eigenvalue weighted by molar-refractivity contribution is 5.95. The van der Waals surface area contributed by atoms with Crippen LogP contribution in [-0.4, -0.2) is 15.0 Å². The van der Waals surface area contributed by atoms with Crippen LogP contribution >= 0.6 is 0 Å². The van der Waals surface area contributed by atoms with Crippen molar-refractivity contribution in [3.63, 3.8) is 0 Å². The van der Waals surface area contributed by atoms with Gasteiger partial charge in [-0.3, -0.25) is 4.98 Å². The number of nitrogen functional groups attached to an aromatic ring is 1. The van der Waals surface area contributed by atoms with E-state index in [1.165, 1.54) is 0 Å². The van der Waals surface area contributed by atoms with Crippen molar-refractivity contribution >= 4 is 16.6 Å². The zero-order valence-corrected chi connectivity index (χ0v) is 11.4.